The number of likely N-dealkylation sites (N-methyl/N-ethyl adjacent to an activating group) is 1. The average molecular weight is 143 g/mol. The van der Waals surface area contributed by atoms with Gasteiger partial charge in [0.15, 0.2) is 0 Å². The van der Waals surface area contributed by atoms with Gasteiger partial charge in [-0.3, -0.25) is 0 Å². The van der Waals surface area contributed by atoms with Gasteiger partial charge in [-0.05, 0) is 13.6 Å². The Morgan fingerprint density at radius 2 is 2.50 bits per heavy atom. The fraction of sp³-hybridized carbons (Fsp3) is 1.00. The molecule has 0 aromatic heterocycles. The first kappa shape index (κ1) is 7.98. The predicted octanol–water partition coefficient (Wildman–Crippen LogP) is -0.101. The zero-order chi connectivity index (χ0) is 7.40. The van der Waals surface area contributed by atoms with Crippen LogP contribution in [0.2, 0.25) is 0 Å². The zero-order valence-corrected chi connectivity index (χ0v) is 6.71. The molecular formula is C7H15N2O. The molecule has 0 saturated carbocycles. The van der Waals surface area contributed by atoms with Crippen LogP contribution in [0.5, 0.6) is 0 Å². The van der Waals surface area contributed by atoms with E-state index in [1.54, 1.807) is 0 Å². The molecule has 0 aliphatic carbocycles. The summed E-state index contributed by atoms with van der Waals surface area (Å²) in [5.74, 6) is 0. The highest BCUT2D eigenvalue weighted by atomic mass is 16.5. The first-order valence-corrected chi connectivity index (χ1v) is 3.79. The molecule has 3 nitrogen and oxygen atoms in total. The van der Waals surface area contributed by atoms with Gasteiger partial charge in [-0.1, -0.05) is 6.92 Å². The van der Waals surface area contributed by atoms with Crippen molar-refractivity contribution in [2.24, 2.45) is 0 Å². The minimum absolute atomic E-state index is 0.143. The van der Waals surface area contributed by atoms with Crippen molar-refractivity contribution < 1.29 is 4.74 Å². The van der Waals surface area contributed by atoms with E-state index in [4.69, 9.17) is 4.74 Å². The van der Waals surface area contributed by atoms with Crippen molar-refractivity contribution in [3.05, 3.63) is 0 Å². The summed E-state index contributed by atoms with van der Waals surface area (Å²) < 4.78 is 5.32. The Morgan fingerprint density at radius 1 is 1.70 bits per heavy atom. The normalized spacial score (nSPS) is 26.1. The quantitative estimate of drug-likeness (QED) is 0.551. The van der Waals surface area contributed by atoms with Crippen molar-refractivity contribution in [3.63, 3.8) is 0 Å². The lowest BCUT2D eigenvalue weighted by Gasteiger charge is -2.17. The third-order valence-electron chi connectivity index (χ3n) is 1.74. The van der Waals surface area contributed by atoms with Crippen LogP contribution in [0.25, 0.3) is 0 Å². The molecule has 1 aliphatic heterocycles. The molecule has 0 amide bonds. The molecule has 1 radical (unpaired) electrons. The third-order valence-corrected chi connectivity index (χ3v) is 1.74. The van der Waals surface area contributed by atoms with Crippen LogP contribution in [0.1, 0.15) is 6.92 Å². The third kappa shape index (κ3) is 2.25. The summed E-state index contributed by atoms with van der Waals surface area (Å²) in [4.78, 5) is 2.21. The number of ether oxygens (including phenoxy) is 1. The summed E-state index contributed by atoms with van der Waals surface area (Å²) >= 11 is 0. The number of hydrogen-bond acceptors (Lipinski definition) is 2. The minimum atomic E-state index is 0.143. The van der Waals surface area contributed by atoms with Crippen molar-refractivity contribution in [3.8, 4) is 0 Å². The molecule has 3 heteroatoms. The number of rotatable bonds is 3. The second-order valence-corrected chi connectivity index (χ2v) is 2.59. The second-order valence-electron chi connectivity index (χ2n) is 2.59. The molecule has 10 heavy (non-hydrogen) atoms. The van der Waals surface area contributed by atoms with E-state index in [1.165, 1.54) is 0 Å². The van der Waals surface area contributed by atoms with E-state index in [1.807, 2.05) is 0 Å². The van der Waals surface area contributed by atoms with Crippen LogP contribution in [-0.4, -0.2) is 44.4 Å². The Bertz CT molecular complexity index is 91.6. The highest BCUT2D eigenvalue weighted by Gasteiger charge is 2.16. The molecule has 1 aliphatic rings. The molecule has 1 rings (SSSR count). The summed E-state index contributed by atoms with van der Waals surface area (Å²) in [7, 11) is 2.08. The molecule has 1 unspecified atom stereocenters. The van der Waals surface area contributed by atoms with Gasteiger partial charge in [0.2, 0.25) is 0 Å². The Balaban J connectivity index is 2.11. The standard InChI is InChI=1S/C7H15N2O/c1-3-9(2)6-7-8-4-5-10-7/h7H,3-6H2,1-2H3. The van der Waals surface area contributed by atoms with E-state index in [9.17, 15) is 0 Å². The van der Waals surface area contributed by atoms with E-state index >= 15 is 0 Å². The zero-order valence-electron chi connectivity index (χ0n) is 6.71. The maximum atomic E-state index is 5.32. The average Bonchev–Trinajstić information content (AvgIpc) is 2.40. The molecule has 1 heterocycles. The lowest BCUT2D eigenvalue weighted by atomic mass is 10.5. The van der Waals surface area contributed by atoms with Crippen LogP contribution >= 0.6 is 0 Å². The monoisotopic (exact) mass is 143 g/mol. The highest BCUT2D eigenvalue weighted by molar-refractivity contribution is 4.65. The smallest absolute Gasteiger partial charge is 0.136 e. The number of hydrogen-bond donors (Lipinski definition) is 0. The molecule has 0 N–H and O–H groups in total. The van der Waals surface area contributed by atoms with Crippen LogP contribution in [-0.2, 0) is 4.74 Å². The van der Waals surface area contributed by atoms with Gasteiger partial charge >= 0.3 is 0 Å². The van der Waals surface area contributed by atoms with Gasteiger partial charge in [-0.15, -0.1) is 0 Å². The van der Waals surface area contributed by atoms with E-state index in [0.717, 1.165) is 26.2 Å². The Morgan fingerprint density at radius 3 is 3.00 bits per heavy atom. The van der Waals surface area contributed by atoms with Gasteiger partial charge in [0, 0.05) is 13.1 Å². The van der Waals surface area contributed by atoms with E-state index < -0.39 is 0 Å². The van der Waals surface area contributed by atoms with E-state index in [-0.39, 0.29) is 6.23 Å². The minimum Gasteiger partial charge on any atom is -0.359 e. The molecule has 1 fully saturated rings. The first-order valence-electron chi connectivity index (χ1n) is 3.79. The molecule has 59 valence electrons. The highest BCUT2D eigenvalue weighted by Crippen LogP contribution is 1.98. The van der Waals surface area contributed by atoms with Gasteiger partial charge < -0.3 is 9.64 Å². The Kier molecular flexibility index (Phi) is 3.12. The van der Waals surface area contributed by atoms with Crippen LogP contribution in [0.15, 0.2) is 0 Å². The summed E-state index contributed by atoms with van der Waals surface area (Å²) in [6.07, 6.45) is 0.143. The first-order chi connectivity index (χ1) is 4.83. The van der Waals surface area contributed by atoms with Gasteiger partial charge in [-0.25, -0.2) is 5.32 Å². The van der Waals surface area contributed by atoms with Gasteiger partial charge in [0.05, 0.1) is 6.61 Å². The maximum Gasteiger partial charge on any atom is 0.136 e. The van der Waals surface area contributed by atoms with Crippen molar-refractivity contribution in [2.75, 3.05) is 33.3 Å². The SMILES string of the molecule is CCN(C)CC1[N]CCO1. The molecule has 1 atom stereocenters. The van der Waals surface area contributed by atoms with Crippen molar-refractivity contribution in [2.45, 2.75) is 13.2 Å². The largest absolute Gasteiger partial charge is 0.359 e. The second kappa shape index (κ2) is 3.91. The Labute approximate surface area is 62.3 Å². The number of nitrogens with zero attached hydrogens (tertiary/aromatic N) is 2. The lowest BCUT2D eigenvalue weighted by Crippen LogP contribution is -2.32. The van der Waals surface area contributed by atoms with E-state index in [2.05, 4.69) is 24.2 Å². The molecule has 1 saturated heterocycles. The lowest BCUT2D eigenvalue weighted by molar-refractivity contribution is 0.0715. The molecule has 0 spiro atoms. The fourth-order valence-corrected chi connectivity index (χ4v) is 0.944. The van der Waals surface area contributed by atoms with Crippen LogP contribution in [0.3, 0.4) is 0 Å². The summed E-state index contributed by atoms with van der Waals surface area (Å²) in [6.45, 7) is 5.82. The van der Waals surface area contributed by atoms with Crippen molar-refractivity contribution in [1.29, 1.82) is 0 Å². The van der Waals surface area contributed by atoms with E-state index in [0.29, 0.717) is 0 Å². The van der Waals surface area contributed by atoms with Crippen molar-refractivity contribution in [1.82, 2.24) is 10.2 Å². The molecule has 0 aromatic rings. The van der Waals surface area contributed by atoms with Crippen molar-refractivity contribution >= 4 is 0 Å². The molecule has 0 bridgehead atoms. The van der Waals surface area contributed by atoms with Gasteiger partial charge in [-0.2, -0.15) is 0 Å². The summed E-state index contributed by atoms with van der Waals surface area (Å²) in [5.41, 5.74) is 0. The van der Waals surface area contributed by atoms with Gasteiger partial charge in [0.25, 0.3) is 0 Å². The maximum absolute atomic E-state index is 5.32. The summed E-state index contributed by atoms with van der Waals surface area (Å²) in [5, 5.41) is 4.26. The molecular weight excluding hydrogens is 128 g/mol. The summed E-state index contributed by atoms with van der Waals surface area (Å²) in [6, 6.07) is 0. The van der Waals surface area contributed by atoms with Crippen LogP contribution in [0.4, 0.5) is 0 Å². The Hall–Kier alpha value is -0.120. The van der Waals surface area contributed by atoms with Crippen LogP contribution in [0, 0.1) is 0 Å². The molecule has 0 aromatic carbocycles. The fourth-order valence-electron chi connectivity index (χ4n) is 0.944. The predicted molar refractivity (Wildman–Crippen MR) is 39.9 cm³/mol. The van der Waals surface area contributed by atoms with Crippen LogP contribution < -0.4 is 5.32 Å². The topological polar surface area (TPSA) is 26.6 Å². The van der Waals surface area contributed by atoms with Gasteiger partial charge in [0.1, 0.15) is 6.23 Å².